The average molecular weight is 261 g/mol. The molecule has 2 aromatic rings. The SMILES string of the molecule is N#CCCc1ccc2ccc(Br)cc2n1. The molecule has 0 fully saturated rings. The van der Waals surface area contributed by atoms with E-state index in [0.29, 0.717) is 6.42 Å². The van der Waals surface area contributed by atoms with E-state index in [2.05, 4.69) is 27.0 Å². The van der Waals surface area contributed by atoms with Gasteiger partial charge < -0.3 is 0 Å². The van der Waals surface area contributed by atoms with Crippen molar-refractivity contribution in [3.8, 4) is 6.07 Å². The maximum atomic E-state index is 8.50. The van der Waals surface area contributed by atoms with Crippen molar-refractivity contribution in [2.24, 2.45) is 0 Å². The van der Waals surface area contributed by atoms with Crippen LogP contribution in [0.25, 0.3) is 10.9 Å². The summed E-state index contributed by atoms with van der Waals surface area (Å²) in [5, 5.41) is 9.62. The third-order valence-electron chi connectivity index (χ3n) is 2.20. The molecule has 0 atom stereocenters. The lowest BCUT2D eigenvalue weighted by Gasteiger charge is -2.01. The van der Waals surface area contributed by atoms with E-state index >= 15 is 0 Å². The Kier molecular flexibility index (Phi) is 2.98. The molecule has 3 heteroatoms. The smallest absolute Gasteiger partial charge is 0.0716 e. The van der Waals surface area contributed by atoms with Gasteiger partial charge >= 0.3 is 0 Å². The number of nitriles is 1. The molecule has 1 aromatic heterocycles. The van der Waals surface area contributed by atoms with Gasteiger partial charge in [-0.05, 0) is 18.2 Å². The summed E-state index contributed by atoms with van der Waals surface area (Å²) in [4.78, 5) is 4.49. The van der Waals surface area contributed by atoms with Crippen LogP contribution in [-0.2, 0) is 6.42 Å². The van der Waals surface area contributed by atoms with Gasteiger partial charge in [0.05, 0.1) is 11.6 Å². The number of hydrogen-bond acceptors (Lipinski definition) is 2. The van der Waals surface area contributed by atoms with Crippen LogP contribution >= 0.6 is 15.9 Å². The van der Waals surface area contributed by atoms with Crippen molar-refractivity contribution < 1.29 is 0 Å². The van der Waals surface area contributed by atoms with Crippen LogP contribution in [0.4, 0.5) is 0 Å². The summed E-state index contributed by atoms with van der Waals surface area (Å²) in [5.74, 6) is 0. The molecule has 0 N–H and O–H groups in total. The number of nitrogens with zero attached hydrogens (tertiary/aromatic N) is 2. The molecule has 0 aliphatic heterocycles. The normalized spacial score (nSPS) is 10.1. The third-order valence-corrected chi connectivity index (χ3v) is 2.70. The first kappa shape index (κ1) is 10.1. The Balaban J connectivity index is 2.41. The zero-order valence-corrected chi connectivity index (χ0v) is 9.66. The minimum atomic E-state index is 0.520. The molecule has 2 rings (SSSR count). The Morgan fingerprint density at radius 2 is 2.07 bits per heavy atom. The van der Waals surface area contributed by atoms with Crippen LogP contribution in [0.15, 0.2) is 34.8 Å². The highest BCUT2D eigenvalue weighted by Gasteiger charge is 1.98. The largest absolute Gasteiger partial charge is 0.253 e. The number of hydrogen-bond donors (Lipinski definition) is 0. The van der Waals surface area contributed by atoms with Gasteiger partial charge in [0.1, 0.15) is 0 Å². The second-order valence-corrected chi connectivity index (χ2v) is 4.21. The van der Waals surface area contributed by atoms with Crippen LogP contribution in [0.3, 0.4) is 0 Å². The molecule has 0 aliphatic rings. The molecule has 0 unspecified atom stereocenters. The van der Waals surface area contributed by atoms with Crippen molar-refractivity contribution in [2.75, 3.05) is 0 Å². The second-order valence-electron chi connectivity index (χ2n) is 3.30. The van der Waals surface area contributed by atoms with Crippen LogP contribution in [0.1, 0.15) is 12.1 Å². The molecule has 0 saturated carbocycles. The van der Waals surface area contributed by atoms with Gasteiger partial charge in [-0.25, -0.2) is 0 Å². The molecular weight excluding hydrogens is 252 g/mol. The summed E-state index contributed by atoms with van der Waals surface area (Å²) in [7, 11) is 0. The van der Waals surface area contributed by atoms with E-state index in [1.165, 1.54) is 0 Å². The van der Waals surface area contributed by atoms with Crippen molar-refractivity contribution in [2.45, 2.75) is 12.8 Å². The van der Waals surface area contributed by atoms with Crippen molar-refractivity contribution in [3.05, 3.63) is 40.5 Å². The maximum Gasteiger partial charge on any atom is 0.0716 e. The van der Waals surface area contributed by atoms with Gasteiger partial charge in [0.25, 0.3) is 0 Å². The number of halogens is 1. The first-order valence-electron chi connectivity index (χ1n) is 4.72. The molecule has 0 bridgehead atoms. The summed E-state index contributed by atoms with van der Waals surface area (Å²) in [6, 6.07) is 12.2. The molecule has 0 saturated heterocycles. The van der Waals surface area contributed by atoms with Gasteiger partial charge in [-0.3, -0.25) is 4.98 Å². The molecule has 2 nitrogen and oxygen atoms in total. The Morgan fingerprint density at radius 3 is 2.87 bits per heavy atom. The first-order valence-corrected chi connectivity index (χ1v) is 5.51. The van der Waals surface area contributed by atoms with Crippen LogP contribution in [0.2, 0.25) is 0 Å². The Morgan fingerprint density at radius 1 is 1.27 bits per heavy atom. The molecule has 1 aromatic carbocycles. The minimum absolute atomic E-state index is 0.520. The van der Waals surface area contributed by atoms with E-state index in [-0.39, 0.29) is 0 Å². The zero-order chi connectivity index (χ0) is 10.7. The summed E-state index contributed by atoms with van der Waals surface area (Å²) >= 11 is 3.42. The standard InChI is InChI=1S/C12H9BrN2/c13-10-5-3-9-4-6-11(2-1-7-14)15-12(9)8-10/h3-6,8H,1-2H2. The topological polar surface area (TPSA) is 36.7 Å². The second kappa shape index (κ2) is 4.41. The molecule has 1 heterocycles. The van der Waals surface area contributed by atoms with Gasteiger partial charge in [0.15, 0.2) is 0 Å². The van der Waals surface area contributed by atoms with E-state index in [4.69, 9.17) is 5.26 Å². The fourth-order valence-corrected chi connectivity index (χ4v) is 1.80. The summed E-state index contributed by atoms with van der Waals surface area (Å²) < 4.78 is 1.03. The quantitative estimate of drug-likeness (QED) is 0.830. The van der Waals surface area contributed by atoms with Gasteiger partial charge in [-0.2, -0.15) is 5.26 Å². The van der Waals surface area contributed by atoms with Crippen molar-refractivity contribution in [1.82, 2.24) is 4.98 Å². The number of benzene rings is 1. The van der Waals surface area contributed by atoms with Gasteiger partial charge in [0.2, 0.25) is 0 Å². The summed E-state index contributed by atoms with van der Waals surface area (Å²) in [6.45, 7) is 0. The number of fused-ring (bicyclic) bond motifs is 1. The molecule has 0 spiro atoms. The van der Waals surface area contributed by atoms with E-state index in [1.807, 2.05) is 30.3 Å². The fourth-order valence-electron chi connectivity index (χ4n) is 1.46. The summed E-state index contributed by atoms with van der Waals surface area (Å²) in [5.41, 5.74) is 1.95. The van der Waals surface area contributed by atoms with E-state index in [9.17, 15) is 0 Å². The van der Waals surface area contributed by atoms with Crippen molar-refractivity contribution in [1.29, 1.82) is 5.26 Å². The zero-order valence-electron chi connectivity index (χ0n) is 8.07. The van der Waals surface area contributed by atoms with Gasteiger partial charge in [-0.1, -0.05) is 28.1 Å². The molecule has 0 amide bonds. The molecule has 15 heavy (non-hydrogen) atoms. The van der Waals surface area contributed by atoms with Gasteiger partial charge in [-0.15, -0.1) is 0 Å². The van der Waals surface area contributed by atoms with Crippen LogP contribution in [-0.4, -0.2) is 4.98 Å². The first-order chi connectivity index (χ1) is 7.29. The maximum absolute atomic E-state index is 8.50. The third kappa shape index (κ3) is 2.34. The fraction of sp³-hybridized carbons (Fsp3) is 0.167. The monoisotopic (exact) mass is 260 g/mol. The number of rotatable bonds is 2. The molecular formula is C12H9BrN2. The molecule has 74 valence electrons. The summed E-state index contributed by atoms with van der Waals surface area (Å²) in [6.07, 6.45) is 1.24. The van der Waals surface area contributed by atoms with Crippen molar-refractivity contribution >= 4 is 26.8 Å². The highest BCUT2D eigenvalue weighted by atomic mass is 79.9. The number of aromatic nitrogens is 1. The Hall–Kier alpha value is -1.40. The lowest BCUT2D eigenvalue weighted by atomic mass is 10.1. The Labute approximate surface area is 96.7 Å². The average Bonchev–Trinajstić information content (AvgIpc) is 2.25. The minimum Gasteiger partial charge on any atom is -0.253 e. The molecule has 0 aliphatic carbocycles. The lowest BCUT2D eigenvalue weighted by molar-refractivity contribution is 0.963. The predicted octanol–water partition coefficient (Wildman–Crippen LogP) is 3.45. The van der Waals surface area contributed by atoms with Crippen LogP contribution < -0.4 is 0 Å². The van der Waals surface area contributed by atoms with E-state index in [0.717, 1.165) is 27.5 Å². The Bertz CT molecular complexity index is 529. The van der Waals surface area contributed by atoms with Crippen molar-refractivity contribution in [3.63, 3.8) is 0 Å². The van der Waals surface area contributed by atoms with E-state index < -0.39 is 0 Å². The highest BCUT2D eigenvalue weighted by Crippen LogP contribution is 2.18. The van der Waals surface area contributed by atoms with Gasteiger partial charge in [0, 0.05) is 28.4 Å². The number of aryl methyl sites for hydroxylation is 1. The lowest BCUT2D eigenvalue weighted by Crippen LogP contribution is -1.89. The van der Waals surface area contributed by atoms with Crippen LogP contribution in [0, 0.1) is 11.3 Å². The highest BCUT2D eigenvalue weighted by molar-refractivity contribution is 9.10. The predicted molar refractivity (Wildman–Crippen MR) is 63.4 cm³/mol. The molecule has 0 radical (unpaired) electrons. The van der Waals surface area contributed by atoms with E-state index in [1.54, 1.807) is 0 Å². The van der Waals surface area contributed by atoms with Crippen LogP contribution in [0.5, 0.6) is 0 Å². The number of pyridine rings is 1.